The third kappa shape index (κ3) is 4.99. The highest BCUT2D eigenvalue weighted by Gasteiger charge is 2.28. The number of halogens is 1. The van der Waals surface area contributed by atoms with Crippen molar-refractivity contribution in [2.45, 2.75) is 45.3 Å². The van der Waals surface area contributed by atoms with Crippen molar-refractivity contribution >= 4 is 22.0 Å². The van der Waals surface area contributed by atoms with Crippen LogP contribution in [0, 0.1) is 0 Å². The lowest BCUT2D eigenvalue weighted by molar-refractivity contribution is 0.0126. The van der Waals surface area contributed by atoms with Crippen molar-refractivity contribution in [3.63, 3.8) is 0 Å². The normalized spacial score (nSPS) is 16.3. The smallest absolute Gasteiger partial charge is 0.410 e. The van der Waals surface area contributed by atoms with Crippen LogP contribution in [0.5, 0.6) is 5.75 Å². The van der Waals surface area contributed by atoms with Gasteiger partial charge < -0.3 is 18.9 Å². The van der Waals surface area contributed by atoms with Crippen molar-refractivity contribution in [1.29, 1.82) is 0 Å². The van der Waals surface area contributed by atoms with E-state index in [-0.39, 0.29) is 17.8 Å². The largest absolute Gasteiger partial charge is 0.489 e. The van der Waals surface area contributed by atoms with Crippen LogP contribution in [0.1, 0.15) is 33.6 Å². The van der Waals surface area contributed by atoms with E-state index in [1.54, 1.807) is 18.1 Å². The SMILES string of the molecule is Cn1cc(Br)c(OC2CCN(C(=O)OC(C)(C)C)CC2)cc1=O. The van der Waals surface area contributed by atoms with Crippen molar-refractivity contribution in [2.24, 2.45) is 7.05 Å². The van der Waals surface area contributed by atoms with Gasteiger partial charge in [-0.2, -0.15) is 0 Å². The Bertz CT molecular complexity index is 628. The van der Waals surface area contributed by atoms with Crippen molar-refractivity contribution in [2.75, 3.05) is 13.1 Å². The Balaban J connectivity index is 1.91. The lowest BCUT2D eigenvalue weighted by Crippen LogP contribution is -2.44. The van der Waals surface area contributed by atoms with Crippen molar-refractivity contribution in [3.8, 4) is 5.75 Å². The molecule has 128 valence electrons. The van der Waals surface area contributed by atoms with Crippen molar-refractivity contribution < 1.29 is 14.3 Å². The third-order valence-electron chi connectivity index (χ3n) is 3.53. The van der Waals surface area contributed by atoms with E-state index in [9.17, 15) is 9.59 Å². The number of likely N-dealkylation sites (tertiary alicyclic amines) is 1. The molecule has 0 aromatic carbocycles. The van der Waals surface area contributed by atoms with Crippen molar-refractivity contribution in [1.82, 2.24) is 9.47 Å². The van der Waals surface area contributed by atoms with Crippen LogP contribution >= 0.6 is 15.9 Å². The Morgan fingerprint density at radius 1 is 1.30 bits per heavy atom. The van der Waals surface area contributed by atoms with Gasteiger partial charge in [-0.3, -0.25) is 4.79 Å². The van der Waals surface area contributed by atoms with Gasteiger partial charge in [0.15, 0.2) is 0 Å². The van der Waals surface area contributed by atoms with E-state index in [4.69, 9.17) is 9.47 Å². The fourth-order valence-corrected chi connectivity index (χ4v) is 2.85. The highest BCUT2D eigenvalue weighted by atomic mass is 79.9. The van der Waals surface area contributed by atoms with Crippen LogP contribution in [0.15, 0.2) is 21.5 Å². The number of piperidine rings is 1. The number of amides is 1. The number of carbonyl (C=O) groups excluding carboxylic acids is 1. The molecule has 0 radical (unpaired) electrons. The quantitative estimate of drug-likeness (QED) is 0.783. The Labute approximate surface area is 144 Å². The molecule has 23 heavy (non-hydrogen) atoms. The zero-order valence-electron chi connectivity index (χ0n) is 14.0. The van der Waals surface area contributed by atoms with Crippen LogP contribution in [0.4, 0.5) is 4.79 Å². The topological polar surface area (TPSA) is 60.8 Å². The van der Waals surface area contributed by atoms with Crippen molar-refractivity contribution in [3.05, 3.63) is 27.1 Å². The summed E-state index contributed by atoms with van der Waals surface area (Å²) in [6.07, 6.45) is 2.80. The second-order valence-corrected chi connectivity index (χ2v) is 7.57. The molecule has 1 saturated heterocycles. The summed E-state index contributed by atoms with van der Waals surface area (Å²) in [4.78, 5) is 25.4. The lowest BCUT2D eigenvalue weighted by Gasteiger charge is -2.33. The summed E-state index contributed by atoms with van der Waals surface area (Å²) in [5.41, 5.74) is -0.603. The van der Waals surface area contributed by atoms with Gasteiger partial charge in [-0.15, -0.1) is 0 Å². The molecule has 7 heteroatoms. The molecule has 2 heterocycles. The molecule has 1 aromatic rings. The van der Waals surface area contributed by atoms with Crippen LogP contribution in [-0.4, -0.2) is 40.4 Å². The number of pyridine rings is 1. The molecular weight excluding hydrogens is 364 g/mol. The Hall–Kier alpha value is -1.50. The Kier molecular flexibility index (Phi) is 5.39. The summed E-state index contributed by atoms with van der Waals surface area (Å²) >= 11 is 3.41. The van der Waals surface area contributed by atoms with E-state index >= 15 is 0 Å². The first-order valence-electron chi connectivity index (χ1n) is 7.66. The molecule has 0 atom stereocenters. The molecule has 0 unspecified atom stereocenters. The van der Waals surface area contributed by atoms with Crippen LogP contribution in [0.3, 0.4) is 0 Å². The standard InChI is InChI=1S/C16H23BrN2O4/c1-16(2,3)23-15(21)19-7-5-11(6-8-19)22-13-9-14(20)18(4)10-12(13)17/h9-11H,5-8H2,1-4H3. The summed E-state index contributed by atoms with van der Waals surface area (Å²) in [5, 5.41) is 0. The predicted molar refractivity (Wildman–Crippen MR) is 90.8 cm³/mol. The summed E-state index contributed by atoms with van der Waals surface area (Å²) in [6, 6.07) is 1.48. The second kappa shape index (κ2) is 6.95. The maximum absolute atomic E-state index is 12.0. The summed E-state index contributed by atoms with van der Waals surface area (Å²) < 4.78 is 13.5. The fraction of sp³-hybridized carbons (Fsp3) is 0.625. The van der Waals surface area contributed by atoms with Gasteiger partial charge in [0.25, 0.3) is 5.56 Å². The zero-order valence-corrected chi connectivity index (χ0v) is 15.6. The minimum atomic E-state index is -0.487. The number of ether oxygens (including phenoxy) is 2. The molecule has 2 rings (SSSR count). The van der Waals surface area contributed by atoms with Gasteiger partial charge in [-0.05, 0) is 36.7 Å². The average Bonchev–Trinajstić information content (AvgIpc) is 2.43. The minimum absolute atomic E-state index is 0.0166. The molecule has 1 aromatic heterocycles. The van der Waals surface area contributed by atoms with Gasteiger partial charge in [0.05, 0.1) is 4.47 Å². The third-order valence-corrected chi connectivity index (χ3v) is 4.13. The maximum atomic E-state index is 12.0. The van der Waals surface area contributed by atoms with Crippen LogP contribution in [-0.2, 0) is 11.8 Å². The molecule has 1 amide bonds. The number of aryl methyl sites for hydroxylation is 1. The molecule has 6 nitrogen and oxygen atoms in total. The van der Waals surface area contributed by atoms with Gasteiger partial charge in [0.1, 0.15) is 17.5 Å². The zero-order chi connectivity index (χ0) is 17.2. The van der Waals surface area contributed by atoms with Gasteiger partial charge in [0, 0.05) is 45.2 Å². The summed E-state index contributed by atoms with van der Waals surface area (Å²) in [6.45, 7) is 6.74. The minimum Gasteiger partial charge on any atom is -0.489 e. The molecule has 1 fully saturated rings. The van der Waals surface area contributed by atoms with Crippen LogP contribution in [0.2, 0.25) is 0 Å². The summed E-state index contributed by atoms with van der Waals surface area (Å²) in [7, 11) is 1.69. The highest BCUT2D eigenvalue weighted by Crippen LogP contribution is 2.26. The molecule has 0 spiro atoms. The van der Waals surface area contributed by atoms with Gasteiger partial charge >= 0.3 is 6.09 Å². The lowest BCUT2D eigenvalue weighted by atomic mass is 10.1. The van der Waals surface area contributed by atoms with E-state index < -0.39 is 5.60 Å². The van der Waals surface area contributed by atoms with E-state index in [0.717, 1.165) is 4.47 Å². The Morgan fingerprint density at radius 3 is 2.48 bits per heavy atom. The molecule has 0 bridgehead atoms. The highest BCUT2D eigenvalue weighted by molar-refractivity contribution is 9.10. The predicted octanol–water partition coefficient (Wildman–Crippen LogP) is 2.93. The number of nitrogens with zero attached hydrogens (tertiary/aromatic N) is 2. The van der Waals surface area contributed by atoms with E-state index in [1.165, 1.54) is 10.6 Å². The summed E-state index contributed by atoms with van der Waals surface area (Å²) in [5.74, 6) is 0.545. The Morgan fingerprint density at radius 2 is 1.91 bits per heavy atom. The molecule has 1 aliphatic heterocycles. The maximum Gasteiger partial charge on any atom is 0.410 e. The fourth-order valence-electron chi connectivity index (χ4n) is 2.33. The van der Waals surface area contributed by atoms with Gasteiger partial charge in [0.2, 0.25) is 0 Å². The first-order valence-corrected chi connectivity index (χ1v) is 8.46. The number of carbonyl (C=O) groups is 1. The van der Waals surface area contributed by atoms with Gasteiger partial charge in [-0.25, -0.2) is 4.79 Å². The second-order valence-electron chi connectivity index (χ2n) is 6.72. The first kappa shape index (κ1) is 17.8. The van der Waals surface area contributed by atoms with Crippen LogP contribution < -0.4 is 10.3 Å². The molecule has 0 N–H and O–H groups in total. The average molecular weight is 387 g/mol. The monoisotopic (exact) mass is 386 g/mol. The first-order chi connectivity index (χ1) is 10.7. The molecule has 0 aliphatic carbocycles. The molecule has 0 saturated carbocycles. The molecular formula is C16H23BrN2O4. The number of hydrogen-bond acceptors (Lipinski definition) is 4. The number of hydrogen-bond donors (Lipinski definition) is 0. The van der Waals surface area contributed by atoms with E-state index in [1.807, 2.05) is 20.8 Å². The number of rotatable bonds is 2. The molecule has 1 aliphatic rings. The van der Waals surface area contributed by atoms with E-state index in [2.05, 4.69) is 15.9 Å². The van der Waals surface area contributed by atoms with E-state index in [0.29, 0.717) is 31.7 Å². The van der Waals surface area contributed by atoms with Crippen LogP contribution in [0.25, 0.3) is 0 Å². The van der Waals surface area contributed by atoms with Gasteiger partial charge in [-0.1, -0.05) is 0 Å². The number of aromatic nitrogens is 1.